The molecule has 1 saturated heterocycles. The van der Waals surface area contributed by atoms with Crippen LogP contribution in [-0.4, -0.2) is 39.7 Å². The van der Waals surface area contributed by atoms with Gasteiger partial charge in [-0.1, -0.05) is 29.8 Å². The first-order chi connectivity index (χ1) is 16.4. The molecule has 0 bridgehead atoms. The van der Waals surface area contributed by atoms with Crippen LogP contribution in [0.25, 0.3) is 17.0 Å². The number of fused-ring (bicyclic) bond motifs is 1. The summed E-state index contributed by atoms with van der Waals surface area (Å²) in [6.45, 7) is -0.180. The van der Waals surface area contributed by atoms with Gasteiger partial charge in [0.1, 0.15) is 0 Å². The molecule has 0 saturated carbocycles. The summed E-state index contributed by atoms with van der Waals surface area (Å²) in [5, 5.41) is 17.6. The Hall–Kier alpha value is -3.89. The van der Waals surface area contributed by atoms with E-state index in [-0.39, 0.29) is 19.0 Å². The lowest BCUT2D eigenvalue weighted by Gasteiger charge is -2.07. The molecule has 0 radical (unpaired) electrons. The zero-order valence-electron chi connectivity index (χ0n) is 17.5. The Labute approximate surface area is 203 Å². The van der Waals surface area contributed by atoms with E-state index in [0.717, 1.165) is 16.5 Å². The van der Waals surface area contributed by atoms with Crippen molar-refractivity contribution >= 4 is 69.1 Å². The van der Waals surface area contributed by atoms with Crippen LogP contribution in [0.1, 0.15) is 11.1 Å². The van der Waals surface area contributed by atoms with Crippen LogP contribution in [0.4, 0.5) is 10.5 Å². The van der Waals surface area contributed by atoms with Gasteiger partial charge in [-0.15, -0.1) is 0 Å². The van der Waals surface area contributed by atoms with Gasteiger partial charge in [-0.05, 0) is 59.3 Å². The molecule has 1 aliphatic rings. The highest BCUT2D eigenvalue weighted by Crippen LogP contribution is 2.32. The summed E-state index contributed by atoms with van der Waals surface area (Å²) in [7, 11) is 0. The minimum Gasteiger partial charge on any atom is -0.465 e. The maximum Gasteiger partial charge on any atom is 0.405 e. The van der Waals surface area contributed by atoms with Crippen molar-refractivity contribution < 1.29 is 19.5 Å². The molecule has 0 aliphatic carbocycles. The second-order valence-corrected chi connectivity index (χ2v) is 8.60. The molecule has 4 N–H and O–H groups in total. The smallest absolute Gasteiger partial charge is 0.405 e. The molecule has 0 atom stereocenters. The first-order valence-corrected chi connectivity index (χ1v) is 11.2. The Kier molecular flexibility index (Phi) is 7.09. The molecule has 0 spiro atoms. The number of carbonyl (C=O) groups is 3. The van der Waals surface area contributed by atoms with E-state index in [1.165, 1.54) is 11.8 Å². The van der Waals surface area contributed by atoms with Crippen LogP contribution in [0.15, 0.2) is 64.6 Å². The van der Waals surface area contributed by atoms with Gasteiger partial charge in [-0.25, -0.2) is 9.79 Å². The largest absolute Gasteiger partial charge is 0.465 e. The molecule has 172 valence electrons. The number of halogens is 1. The molecule has 3 amide bonds. The summed E-state index contributed by atoms with van der Waals surface area (Å²) < 4.78 is 0. The fourth-order valence-corrected chi connectivity index (χ4v) is 4.09. The second-order valence-electron chi connectivity index (χ2n) is 7.16. The minimum atomic E-state index is -1.28. The number of aromatic nitrogens is 1. The normalized spacial score (nSPS) is 15.5. The van der Waals surface area contributed by atoms with E-state index < -0.39 is 12.0 Å². The number of amidine groups is 1. The van der Waals surface area contributed by atoms with E-state index >= 15 is 0 Å². The first kappa shape index (κ1) is 23.3. The molecular weight excluding hydrogens is 478 g/mol. The van der Waals surface area contributed by atoms with Crippen LogP contribution in [0.2, 0.25) is 5.02 Å². The monoisotopic (exact) mass is 495 g/mol. The molecule has 1 aromatic heterocycles. The standard InChI is InChI=1S/C23H18ClN5O4S/c24-16-5-3-14(11-26-20(30)12-27-23(32)33)9-18(16)28-22-29-21(31)19(34-22)10-13-4-6-17-15(8-13)2-1-7-25-17/h1-10,27H,11-12H2,(H,26,30)(H,32,33)(H,28,29,31)/b19-10-. The number of benzene rings is 2. The van der Waals surface area contributed by atoms with Crippen molar-refractivity contribution in [2.45, 2.75) is 6.54 Å². The molecule has 2 aromatic carbocycles. The molecule has 1 aliphatic heterocycles. The molecule has 34 heavy (non-hydrogen) atoms. The summed E-state index contributed by atoms with van der Waals surface area (Å²) in [6.07, 6.45) is 2.24. The van der Waals surface area contributed by atoms with E-state index in [4.69, 9.17) is 16.7 Å². The Balaban J connectivity index is 1.47. The summed E-state index contributed by atoms with van der Waals surface area (Å²) >= 11 is 7.47. The number of aliphatic imine (C=N–C) groups is 1. The lowest BCUT2D eigenvalue weighted by Crippen LogP contribution is -2.35. The number of hydrogen-bond donors (Lipinski definition) is 4. The Bertz CT molecular complexity index is 1360. The van der Waals surface area contributed by atoms with Crippen LogP contribution in [-0.2, 0) is 16.1 Å². The van der Waals surface area contributed by atoms with Gasteiger partial charge in [0.2, 0.25) is 5.91 Å². The molecule has 11 heteroatoms. The number of nitrogens with zero attached hydrogens (tertiary/aromatic N) is 2. The van der Waals surface area contributed by atoms with Crippen LogP contribution in [0.3, 0.4) is 0 Å². The minimum absolute atomic E-state index is 0.163. The first-order valence-electron chi connectivity index (χ1n) is 10.0. The number of hydrogen-bond acceptors (Lipinski definition) is 6. The van der Waals surface area contributed by atoms with Gasteiger partial charge in [0.15, 0.2) is 5.17 Å². The van der Waals surface area contributed by atoms with Crippen LogP contribution < -0.4 is 16.0 Å². The fourth-order valence-electron chi connectivity index (χ4n) is 3.10. The average Bonchev–Trinajstić information content (AvgIpc) is 3.16. The molecule has 2 heterocycles. The van der Waals surface area contributed by atoms with Gasteiger partial charge in [0.05, 0.1) is 27.7 Å². The van der Waals surface area contributed by atoms with Gasteiger partial charge in [-0.2, -0.15) is 0 Å². The van der Waals surface area contributed by atoms with Gasteiger partial charge in [0, 0.05) is 18.1 Å². The number of pyridine rings is 1. The van der Waals surface area contributed by atoms with Crippen molar-refractivity contribution in [1.82, 2.24) is 20.9 Å². The van der Waals surface area contributed by atoms with Gasteiger partial charge in [0.25, 0.3) is 5.91 Å². The van der Waals surface area contributed by atoms with Crippen LogP contribution in [0, 0.1) is 0 Å². The average molecular weight is 496 g/mol. The summed E-state index contributed by atoms with van der Waals surface area (Å²) in [4.78, 5) is 43.9. The number of carbonyl (C=O) groups excluding carboxylic acids is 2. The number of nitrogens with one attached hydrogen (secondary N) is 3. The third-order valence-corrected chi connectivity index (χ3v) is 5.93. The zero-order chi connectivity index (χ0) is 24.1. The summed E-state index contributed by atoms with van der Waals surface area (Å²) in [5.74, 6) is -0.733. The molecule has 3 aromatic rings. The number of thioether (sulfide) groups is 1. The molecule has 4 rings (SSSR count). The number of carboxylic acid groups (broad SMARTS) is 1. The SMILES string of the molecule is O=C(O)NCC(=O)NCc1ccc(Cl)c(N=C2NC(=O)/C(=C/c3ccc4ncccc4c3)S2)c1. The summed E-state index contributed by atoms with van der Waals surface area (Å²) in [6, 6.07) is 14.6. The van der Waals surface area contributed by atoms with E-state index in [1.807, 2.05) is 35.6 Å². The third kappa shape index (κ3) is 5.91. The third-order valence-electron chi connectivity index (χ3n) is 4.70. The highest BCUT2D eigenvalue weighted by Gasteiger charge is 2.24. The van der Waals surface area contributed by atoms with Gasteiger partial charge < -0.3 is 21.1 Å². The van der Waals surface area contributed by atoms with E-state index in [2.05, 4.69) is 20.6 Å². The predicted octanol–water partition coefficient (Wildman–Crippen LogP) is 3.66. The van der Waals surface area contributed by atoms with Gasteiger partial charge >= 0.3 is 6.09 Å². The van der Waals surface area contributed by atoms with Crippen molar-refractivity contribution in [2.75, 3.05) is 6.54 Å². The Morgan fingerprint density at radius 1 is 1.18 bits per heavy atom. The predicted molar refractivity (Wildman–Crippen MR) is 132 cm³/mol. The quantitative estimate of drug-likeness (QED) is 0.386. The van der Waals surface area contributed by atoms with E-state index in [9.17, 15) is 14.4 Å². The maximum atomic E-state index is 12.5. The van der Waals surface area contributed by atoms with Crippen molar-refractivity contribution in [3.63, 3.8) is 0 Å². The van der Waals surface area contributed by atoms with Crippen molar-refractivity contribution in [2.24, 2.45) is 4.99 Å². The van der Waals surface area contributed by atoms with E-state index in [0.29, 0.717) is 26.3 Å². The molecule has 1 fully saturated rings. The zero-order valence-corrected chi connectivity index (χ0v) is 19.1. The van der Waals surface area contributed by atoms with Crippen molar-refractivity contribution in [3.05, 3.63) is 75.8 Å². The topological polar surface area (TPSA) is 133 Å². The van der Waals surface area contributed by atoms with Gasteiger partial charge in [-0.3, -0.25) is 14.6 Å². The van der Waals surface area contributed by atoms with Crippen LogP contribution >= 0.6 is 23.4 Å². The molecule has 9 nitrogen and oxygen atoms in total. The lowest BCUT2D eigenvalue weighted by molar-refractivity contribution is -0.120. The number of rotatable bonds is 6. The van der Waals surface area contributed by atoms with E-state index in [1.54, 1.807) is 30.5 Å². The Morgan fingerprint density at radius 2 is 2.03 bits per heavy atom. The number of amides is 3. The molecular formula is C23H18ClN5O4S. The molecule has 0 unspecified atom stereocenters. The fraction of sp³-hybridized carbons (Fsp3) is 0.0870. The lowest BCUT2D eigenvalue weighted by atomic mass is 10.1. The highest BCUT2D eigenvalue weighted by atomic mass is 35.5. The summed E-state index contributed by atoms with van der Waals surface area (Å²) in [5.41, 5.74) is 2.88. The van der Waals surface area contributed by atoms with Crippen molar-refractivity contribution in [1.29, 1.82) is 0 Å². The maximum absolute atomic E-state index is 12.5. The van der Waals surface area contributed by atoms with Crippen molar-refractivity contribution in [3.8, 4) is 0 Å². The highest BCUT2D eigenvalue weighted by molar-refractivity contribution is 8.18. The van der Waals surface area contributed by atoms with Crippen LogP contribution in [0.5, 0.6) is 0 Å². The Morgan fingerprint density at radius 3 is 2.85 bits per heavy atom. The second kappa shape index (κ2) is 10.4.